The maximum absolute atomic E-state index is 13.1. The molecule has 0 saturated heterocycles. The van der Waals surface area contributed by atoms with Gasteiger partial charge in [0, 0.05) is 31.1 Å². The first-order valence-electron chi connectivity index (χ1n) is 10.1. The van der Waals surface area contributed by atoms with Crippen molar-refractivity contribution in [1.82, 2.24) is 9.88 Å². The van der Waals surface area contributed by atoms with E-state index in [1.54, 1.807) is 30.6 Å². The number of rotatable bonds is 7. The summed E-state index contributed by atoms with van der Waals surface area (Å²) in [7, 11) is 0. The van der Waals surface area contributed by atoms with Gasteiger partial charge in [-0.15, -0.1) is 0 Å². The average molecular weight is 441 g/mol. The fourth-order valence-electron chi connectivity index (χ4n) is 3.71. The summed E-state index contributed by atoms with van der Waals surface area (Å²) in [6, 6.07) is 17.3. The summed E-state index contributed by atoms with van der Waals surface area (Å²) < 4.78 is 0. The van der Waals surface area contributed by atoms with Crippen LogP contribution in [0.2, 0.25) is 0 Å². The molecule has 0 bridgehead atoms. The summed E-state index contributed by atoms with van der Waals surface area (Å²) in [4.78, 5) is 42.0. The van der Waals surface area contributed by atoms with Crippen molar-refractivity contribution in [3.8, 4) is 0 Å². The van der Waals surface area contributed by atoms with E-state index in [1.807, 2.05) is 30.3 Å². The number of nitro benzene ring substituents is 1. The van der Waals surface area contributed by atoms with Crippen molar-refractivity contribution >= 4 is 23.5 Å². The van der Waals surface area contributed by atoms with Crippen LogP contribution in [-0.4, -0.2) is 31.6 Å². The van der Waals surface area contributed by atoms with Gasteiger partial charge in [-0.05, 0) is 41.0 Å². The van der Waals surface area contributed by atoms with Crippen molar-refractivity contribution in [2.75, 3.05) is 0 Å². The van der Waals surface area contributed by atoms with E-state index in [-0.39, 0.29) is 17.8 Å². The molecule has 1 aromatic heterocycles. The summed E-state index contributed by atoms with van der Waals surface area (Å²) in [6.45, 7) is 0.0948. The van der Waals surface area contributed by atoms with Crippen LogP contribution in [0, 0.1) is 10.1 Å². The lowest BCUT2D eigenvalue weighted by molar-refractivity contribution is -0.384. The Morgan fingerprint density at radius 1 is 1.09 bits per heavy atom. The number of aromatic nitrogens is 1. The zero-order valence-electron chi connectivity index (χ0n) is 17.4. The molecule has 33 heavy (non-hydrogen) atoms. The molecule has 8 nitrogen and oxygen atoms in total. The Morgan fingerprint density at radius 3 is 2.45 bits per heavy atom. The number of benzene rings is 2. The standard InChI is InChI=1S/C25H19N3O5/c29-21(13-8-17-5-2-1-3-6-17)22-23(19-9-11-20(12-10-19)28(32)33)27(25(31)24(22)30)16-18-7-4-14-26-15-18/h1-15,23,30H,16H2/b13-8+. The Balaban J connectivity index is 1.73. The number of ketones is 1. The number of pyridine rings is 1. The van der Waals surface area contributed by atoms with Crippen molar-refractivity contribution < 1.29 is 19.6 Å². The molecule has 1 aliphatic heterocycles. The highest BCUT2D eigenvalue weighted by atomic mass is 16.6. The largest absolute Gasteiger partial charge is 0.503 e. The minimum atomic E-state index is -0.911. The third-order valence-electron chi connectivity index (χ3n) is 5.29. The lowest BCUT2D eigenvalue weighted by Crippen LogP contribution is -2.30. The number of nitrogens with zero attached hydrogens (tertiary/aromatic N) is 3. The van der Waals surface area contributed by atoms with Gasteiger partial charge in [-0.3, -0.25) is 24.7 Å². The second kappa shape index (κ2) is 9.27. The highest BCUT2D eigenvalue weighted by Crippen LogP contribution is 2.39. The number of aliphatic hydroxyl groups is 1. The molecule has 2 aromatic carbocycles. The lowest BCUT2D eigenvalue weighted by atomic mass is 9.95. The van der Waals surface area contributed by atoms with Crippen LogP contribution in [0.15, 0.2) is 96.5 Å². The summed E-state index contributed by atoms with van der Waals surface area (Å²) in [5.74, 6) is -1.86. The van der Waals surface area contributed by atoms with Crippen LogP contribution in [0.25, 0.3) is 6.08 Å². The average Bonchev–Trinajstić information content (AvgIpc) is 3.09. The van der Waals surface area contributed by atoms with Crippen LogP contribution in [0.1, 0.15) is 22.7 Å². The van der Waals surface area contributed by atoms with E-state index < -0.39 is 28.4 Å². The summed E-state index contributed by atoms with van der Waals surface area (Å²) in [5.41, 5.74) is 1.77. The van der Waals surface area contributed by atoms with E-state index in [1.165, 1.54) is 35.2 Å². The molecule has 1 unspecified atom stereocenters. The maximum atomic E-state index is 13.1. The monoisotopic (exact) mass is 441 g/mol. The first-order valence-corrected chi connectivity index (χ1v) is 10.1. The van der Waals surface area contributed by atoms with Gasteiger partial charge in [0.1, 0.15) is 0 Å². The summed E-state index contributed by atoms with van der Waals surface area (Å²) >= 11 is 0. The Hall–Kier alpha value is -4.59. The van der Waals surface area contributed by atoms with E-state index in [0.29, 0.717) is 11.1 Å². The van der Waals surface area contributed by atoms with E-state index in [4.69, 9.17) is 0 Å². The van der Waals surface area contributed by atoms with Crippen LogP contribution in [0.3, 0.4) is 0 Å². The van der Waals surface area contributed by atoms with E-state index in [2.05, 4.69) is 4.98 Å². The Morgan fingerprint density at radius 2 is 1.82 bits per heavy atom. The molecule has 164 valence electrons. The normalized spacial score (nSPS) is 15.9. The second-order valence-corrected chi connectivity index (χ2v) is 7.42. The molecular formula is C25H19N3O5. The third-order valence-corrected chi connectivity index (χ3v) is 5.29. The number of nitro groups is 1. The highest BCUT2D eigenvalue weighted by Gasteiger charge is 2.43. The molecule has 0 spiro atoms. The predicted molar refractivity (Wildman–Crippen MR) is 121 cm³/mol. The number of non-ortho nitro benzene ring substituents is 1. The topological polar surface area (TPSA) is 114 Å². The van der Waals surface area contributed by atoms with Crippen LogP contribution >= 0.6 is 0 Å². The van der Waals surface area contributed by atoms with Crippen LogP contribution in [0.4, 0.5) is 5.69 Å². The maximum Gasteiger partial charge on any atom is 0.290 e. The van der Waals surface area contributed by atoms with Crippen molar-refractivity contribution in [2.45, 2.75) is 12.6 Å². The van der Waals surface area contributed by atoms with Gasteiger partial charge in [0.25, 0.3) is 11.6 Å². The molecule has 2 heterocycles. The van der Waals surface area contributed by atoms with Gasteiger partial charge in [-0.1, -0.05) is 42.5 Å². The van der Waals surface area contributed by atoms with Crippen LogP contribution in [-0.2, 0) is 16.1 Å². The fraction of sp³-hybridized carbons (Fsp3) is 0.0800. The number of allylic oxidation sites excluding steroid dienone is 1. The molecule has 0 saturated carbocycles. The third kappa shape index (κ3) is 4.54. The number of hydrogen-bond donors (Lipinski definition) is 1. The molecule has 1 amide bonds. The SMILES string of the molecule is O=C(/C=C/c1ccccc1)C1=C(O)C(=O)N(Cc2cccnc2)C1c1ccc([N+](=O)[O-])cc1. The zero-order valence-corrected chi connectivity index (χ0v) is 17.4. The van der Waals surface area contributed by atoms with Crippen molar-refractivity contribution in [2.24, 2.45) is 0 Å². The minimum Gasteiger partial charge on any atom is -0.503 e. The molecule has 1 aliphatic rings. The van der Waals surface area contributed by atoms with Crippen molar-refractivity contribution in [1.29, 1.82) is 0 Å². The lowest BCUT2D eigenvalue weighted by Gasteiger charge is -2.26. The molecular weight excluding hydrogens is 422 g/mol. The minimum absolute atomic E-state index is 0.0788. The van der Waals surface area contributed by atoms with Gasteiger partial charge in [0.05, 0.1) is 16.5 Å². The van der Waals surface area contributed by atoms with Gasteiger partial charge >= 0.3 is 0 Å². The second-order valence-electron chi connectivity index (χ2n) is 7.42. The Labute approximate surface area is 189 Å². The number of carbonyl (C=O) groups excluding carboxylic acids is 2. The van der Waals surface area contributed by atoms with Gasteiger partial charge in [0.2, 0.25) is 0 Å². The molecule has 0 fully saturated rings. The highest BCUT2D eigenvalue weighted by molar-refractivity contribution is 6.14. The Bertz CT molecular complexity index is 1250. The molecule has 4 rings (SSSR count). The van der Waals surface area contributed by atoms with E-state index >= 15 is 0 Å². The van der Waals surface area contributed by atoms with Crippen LogP contribution in [0.5, 0.6) is 0 Å². The molecule has 3 aromatic rings. The van der Waals surface area contributed by atoms with Crippen molar-refractivity contribution in [3.63, 3.8) is 0 Å². The first-order chi connectivity index (χ1) is 16.0. The van der Waals surface area contributed by atoms with Gasteiger partial charge in [-0.25, -0.2) is 0 Å². The number of hydrogen-bond acceptors (Lipinski definition) is 6. The summed E-state index contributed by atoms with van der Waals surface area (Å²) in [5, 5.41) is 21.7. The van der Waals surface area contributed by atoms with E-state index in [0.717, 1.165) is 5.56 Å². The predicted octanol–water partition coefficient (Wildman–Crippen LogP) is 4.17. The number of aliphatic hydroxyl groups excluding tert-OH is 1. The van der Waals surface area contributed by atoms with Crippen LogP contribution < -0.4 is 0 Å². The smallest absolute Gasteiger partial charge is 0.290 e. The van der Waals surface area contributed by atoms with E-state index in [9.17, 15) is 24.8 Å². The Kier molecular flexibility index (Phi) is 6.08. The first kappa shape index (κ1) is 21.6. The number of carbonyl (C=O) groups is 2. The summed E-state index contributed by atoms with van der Waals surface area (Å²) in [6.07, 6.45) is 6.10. The molecule has 8 heteroatoms. The van der Waals surface area contributed by atoms with Gasteiger partial charge in [-0.2, -0.15) is 0 Å². The quantitative estimate of drug-likeness (QED) is 0.334. The molecule has 0 aliphatic carbocycles. The molecule has 1 atom stereocenters. The van der Waals surface area contributed by atoms with Gasteiger partial charge < -0.3 is 10.0 Å². The zero-order chi connectivity index (χ0) is 23.4. The molecule has 0 radical (unpaired) electrons. The fourth-order valence-corrected chi connectivity index (χ4v) is 3.71. The molecule has 1 N–H and O–H groups in total. The van der Waals surface area contributed by atoms with Crippen molar-refractivity contribution in [3.05, 3.63) is 123 Å². The van der Waals surface area contributed by atoms with Gasteiger partial charge in [0.15, 0.2) is 11.5 Å². The number of amides is 1.